The number of rotatable bonds is 7. The first-order valence-corrected chi connectivity index (χ1v) is 16.5. The summed E-state index contributed by atoms with van der Waals surface area (Å²) in [4.78, 5) is 18.1. The maximum atomic E-state index is 6.61. The van der Waals surface area contributed by atoms with Gasteiger partial charge in [-0.25, -0.2) is 0 Å². The highest BCUT2D eigenvalue weighted by atomic mass is 16.5. The second kappa shape index (κ2) is 11.1. The van der Waals surface area contributed by atoms with Crippen molar-refractivity contribution in [2.24, 2.45) is 0 Å². The van der Waals surface area contributed by atoms with Crippen LogP contribution in [0, 0.1) is 0 Å². The van der Waals surface area contributed by atoms with E-state index in [0.29, 0.717) is 18.5 Å². The number of ether oxygens (including phenoxy) is 1. The molecule has 2 aromatic heterocycles. The molecule has 1 N–H and O–H groups in total. The summed E-state index contributed by atoms with van der Waals surface area (Å²) < 4.78 is 6.61. The van der Waals surface area contributed by atoms with Gasteiger partial charge in [0.25, 0.3) is 0 Å². The van der Waals surface area contributed by atoms with Gasteiger partial charge in [-0.2, -0.15) is 15.1 Å². The van der Waals surface area contributed by atoms with Gasteiger partial charge in [-0.05, 0) is 87.5 Å². The summed E-state index contributed by atoms with van der Waals surface area (Å²) in [6.07, 6.45) is 11.1. The molecule has 0 aliphatic carbocycles. The van der Waals surface area contributed by atoms with E-state index in [4.69, 9.17) is 14.7 Å². The first-order valence-electron chi connectivity index (χ1n) is 16.5. The lowest BCUT2D eigenvalue weighted by Gasteiger charge is -2.37. The van der Waals surface area contributed by atoms with Crippen molar-refractivity contribution in [2.75, 3.05) is 49.1 Å². The first kappa shape index (κ1) is 26.9. The minimum Gasteiger partial charge on any atom is -0.461 e. The molecule has 0 spiro atoms. The summed E-state index contributed by atoms with van der Waals surface area (Å²) >= 11 is 0. The third kappa shape index (κ3) is 4.84. The van der Waals surface area contributed by atoms with Gasteiger partial charge in [0.05, 0.1) is 17.8 Å². The Balaban J connectivity index is 1.14. The second-order valence-corrected chi connectivity index (χ2v) is 13.1. The van der Waals surface area contributed by atoms with Gasteiger partial charge in [-0.1, -0.05) is 37.3 Å². The Bertz CT molecular complexity index is 1590. The number of nitrogens with zero attached hydrogens (tertiary/aromatic N) is 6. The largest absolute Gasteiger partial charge is 0.461 e. The smallest absolute Gasteiger partial charge is 0.318 e. The quantitative estimate of drug-likeness (QED) is 0.295. The molecule has 6 heterocycles. The number of aryl methyl sites for hydroxylation is 1. The predicted octanol–water partition coefficient (Wildman–Crippen LogP) is 5.87. The van der Waals surface area contributed by atoms with Crippen LogP contribution < -0.4 is 14.5 Å². The van der Waals surface area contributed by atoms with Gasteiger partial charge in [-0.3, -0.25) is 10.00 Å². The molecule has 2 aromatic carbocycles. The normalized spacial score (nSPS) is 21.7. The van der Waals surface area contributed by atoms with E-state index in [2.05, 4.69) is 74.3 Å². The lowest BCUT2D eigenvalue weighted by atomic mass is 9.94. The summed E-state index contributed by atoms with van der Waals surface area (Å²) in [7, 11) is 0. The monoisotopic (exact) mass is 577 g/mol. The van der Waals surface area contributed by atoms with Crippen molar-refractivity contribution < 1.29 is 4.74 Å². The number of hydrogen-bond acceptors (Lipinski definition) is 7. The molecule has 4 aliphatic rings. The van der Waals surface area contributed by atoms with Crippen LogP contribution in [0.2, 0.25) is 0 Å². The molecule has 4 aromatic rings. The van der Waals surface area contributed by atoms with E-state index < -0.39 is 0 Å². The van der Waals surface area contributed by atoms with Crippen molar-refractivity contribution in [1.82, 2.24) is 25.1 Å². The zero-order valence-corrected chi connectivity index (χ0v) is 25.4. The Hall–Kier alpha value is -3.65. The molecule has 0 bridgehead atoms. The summed E-state index contributed by atoms with van der Waals surface area (Å²) in [6, 6.07) is 16.1. The molecule has 0 amide bonds. The molecule has 8 heteroatoms. The Morgan fingerprint density at radius 1 is 0.953 bits per heavy atom. The fourth-order valence-corrected chi connectivity index (χ4v) is 8.45. The Labute approximate surface area is 254 Å². The van der Waals surface area contributed by atoms with Crippen molar-refractivity contribution in [1.29, 1.82) is 0 Å². The van der Waals surface area contributed by atoms with Gasteiger partial charge < -0.3 is 14.5 Å². The molecule has 0 saturated carbocycles. The topological polar surface area (TPSA) is 73.4 Å². The summed E-state index contributed by atoms with van der Waals surface area (Å²) in [5.74, 6) is 1.52. The van der Waals surface area contributed by atoms with Gasteiger partial charge in [0, 0.05) is 54.1 Å². The number of hydrogen-bond donors (Lipinski definition) is 1. The molecule has 0 radical (unpaired) electrons. The lowest BCUT2D eigenvalue weighted by Crippen LogP contribution is -2.43. The van der Waals surface area contributed by atoms with E-state index in [1.165, 1.54) is 78.5 Å². The van der Waals surface area contributed by atoms with Crippen LogP contribution in [0.4, 0.5) is 11.5 Å². The van der Waals surface area contributed by atoms with Crippen LogP contribution in [0.25, 0.3) is 10.8 Å². The number of H-pyrrole nitrogens is 1. The maximum Gasteiger partial charge on any atom is 0.318 e. The highest BCUT2D eigenvalue weighted by Gasteiger charge is 2.45. The van der Waals surface area contributed by atoms with Crippen LogP contribution in [0.5, 0.6) is 6.01 Å². The Kier molecular flexibility index (Phi) is 6.97. The van der Waals surface area contributed by atoms with Crippen molar-refractivity contribution in [3.8, 4) is 6.01 Å². The zero-order valence-electron chi connectivity index (χ0n) is 25.4. The highest BCUT2D eigenvalue weighted by molar-refractivity contribution is 5.97. The standard InChI is InChI=1S/C35H43N7O/c1-2-25-8-3-9-26-10-4-12-31(32(25)26)40-21-14-28-30(23-40)37-34(43-24-35-15-6-19-42(35)20-7-16-35)38-33(28)41-18-5-11-27(22-41)29-13-17-36-39-29/h3-4,8-10,12-13,17,27H,2,5-7,11,14-16,18-24H2,1H3,(H,36,39). The molecule has 8 rings (SSSR count). The summed E-state index contributed by atoms with van der Waals surface area (Å²) in [5, 5.41) is 10.2. The van der Waals surface area contributed by atoms with Gasteiger partial charge in [-0.15, -0.1) is 0 Å². The minimum atomic E-state index is 0.168. The molecule has 1 atom stereocenters. The number of aromatic nitrogens is 4. The fourth-order valence-electron chi connectivity index (χ4n) is 8.45. The van der Waals surface area contributed by atoms with Crippen molar-refractivity contribution in [3.63, 3.8) is 0 Å². The molecule has 43 heavy (non-hydrogen) atoms. The zero-order chi connectivity index (χ0) is 28.8. The number of aromatic amines is 1. The van der Waals surface area contributed by atoms with Gasteiger partial charge in [0.15, 0.2) is 0 Å². The van der Waals surface area contributed by atoms with Crippen LogP contribution in [-0.2, 0) is 19.4 Å². The number of benzene rings is 2. The number of anilines is 2. The van der Waals surface area contributed by atoms with Crippen LogP contribution >= 0.6 is 0 Å². The van der Waals surface area contributed by atoms with Crippen molar-refractivity contribution in [2.45, 2.75) is 76.3 Å². The average molecular weight is 578 g/mol. The highest BCUT2D eigenvalue weighted by Crippen LogP contribution is 2.40. The van der Waals surface area contributed by atoms with Crippen LogP contribution in [0.3, 0.4) is 0 Å². The maximum absolute atomic E-state index is 6.61. The Morgan fingerprint density at radius 2 is 1.81 bits per heavy atom. The predicted molar refractivity (Wildman–Crippen MR) is 171 cm³/mol. The molecule has 4 aliphatic heterocycles. The molecule has 224 valence electrons. The average Bonchev–Trinajstić information content (AvgIpc) is 3.81. The number of piperidine rings is 1. The van der Waals surface area contributed by atoms with E-state index in [1.54, 1.807) is 0 Å². The number of fused-ring (bicyclic) bond motifs is 3. The van der Waals surface area contributed by atoms with Gasteiger partial charge in [0.1, 0.15) is 12.4 Å². The SMILES string of the molecule is CCc1cccc2cccc(N3CCc4c(nc(OCC56CCCN5CCC6)nc4N4CCCC(c5ccn[nH]5)C4)C3)c12. The van der Waals surface area contributed by atoms with Crippen LogP contribution in [-0.4, -0.2) is 69.9 Å². The van der Waals surface area contributed by atoms with Gasteiger partial charge in [0.2, 0.25) is 0 Å². The third-order valence-electron chi connectivity index (χ3n) is 10.7. The lowest BCUT2D eigenvalue weighted by molar-refractivity contribution is 0.107. The fraction of sp³-hybridized carbons (Fsp3) is 0.514. The van der Waals surface area contributed by atoms with Crippen LogP contribution in [0.15, 0.2) is 48.7 Å². The summed E-state index contributed by atoms with van der Waals surface area (Å²) in [5.41, 5.74) is 6.52. The van der Waals surface area contributed by atoms with E-state index in [-0.39, 0.29) is 5.54 Å². The summed E-state index contributed by atoms with van der Waals surface area (Å²) in [6.45, 7) is 9.02. The third-order valence-corrected chi connectivity index (χ3v) is 10.7. The van der Waals surface area contributed by atoms with E-state index in [1.807, 2.05) is 6.20 Å². The number of nitrogens with one attached hydrogen (secondary N) is 1. The molecular weight excluding hydrogens is 534 g/mol. The van der Waals surface area contributed by atoms with E-state index in [9.17, 15) is 0 Å². The molecule has 3 saturated heterocycles. The van der Waals surface area contributed by atoms with Crippen molar-refractivity contribution in [3.05, 3.63) is 71.2 Å². The van der Waals surface area contributed by atoms with Gasteiger partial charge >= 0.3 is 6.01 Å². The molecular formula is C35H43N7O. The molecule has 1 unspecified atom stereocenters. The van der Waals surface area contributed by atoms with E-state index >= 15 is 0 Å². The first-order chi connectivity index (χ1) is 21.2. The van der Waals surface area contributed by atoms with Crippen LogP contribution in [0.1, 0.15) is 73.9 Å². The molecule has 8 nitrogen and oxygen atoms in total. The van der Waals surface area contributed by atoms with Crippen molar-refractivity contribution >= 4 is 22.3 Å². The minimum absolute atomic E-state index is 0.168. The Morgan fingerprint density at radius 3 is 2.63 bits per heavy atom. The second-order valence-electron chi connectivity index (χ2n) is 13.1. The molecule has 3 fully saturated rings. The van der Waals surface area contributed by atoms with E-state index in [0.717, 1.165) is 57.0 Å².